The predicted octanol–water partition coefficient (Wildman–Crippen LogP) is 6.56. The van der Waals surface area contributed by atoms with Crippen molar-refractivity contribution in [2.75, 3.05) is 18.8 Å². The molecule has 0 saturated carbocycles. The van der Waals surface area contributed by atoms with Crippen LogP contribution in [0.3, 0.4) is 0 Å². The third-order valence-corrected chi connectivity index (χ3v) is 9.54. The van der Waals surface area contributed by atoms with Crippen LogP contribution in [-0.4, -0.2) is 47.4 Å². The lowest BCUT2D eigenvalue weighted by Gasteiger charge is -2.46. The number of alkyl halides is 3. The number of benzene rings is 3. The van der Waals surface area contributed by atoms with Crippen molar-refractivity contribution in [2.45, 2.75) is 42.4 Å². The van der Waals surface area contributed by atoms with Gasteiger partial charge in [-0.15, -0.1) is 11.8 Å². The largest absolute Gasteiger partial charge is 0.482 e. The minimum atomic E-state index is -4.80. The molecule has 238 valence electrons. The van der Waals surface area contributed by atoms with Gasteiger partial charge in [0.2, 0.25) is 5.43 Å². The monoisotopic (exact) mass is 669 g/mol. The number of hydrogen-bond donors (Lipinski definition) is 0. The molecule has 0 bridgehead atoms. The summed E-state index contributed by atoms with van der Waals surface area (Å²) in [6.07, 6.45) is -3.67. The van der Waals surface area contributed by atoms with Crippen LogP contribution in [0.5, 0.6) is 5.75 Å². The number of pyridine rings is 1. The van der Waals surface area contributed by atoms with Crippen molar-refractivity contribution in [1.82, 2.24) is 9.58 Å². The Labute approximate surface area is 271 Å². The molecular weight excluding hydrogens is 643 g/mol. The van der Waals surface area contributed by atoms with Crippen molar-refractivity contribution in [3.05, 3.63) is 128 Å². The van der Waals surface area contributed by atoms with Crippen molar-refractivity contribution >= 4 is 35.2 Å². The Balaban J connectivity index is 1.65. The normalized spacial score (nSPS) is 16.6. The third kappa shape index (κ3) is 5.60. The fourth-order valence-corrected chi connectivity index (χ4v) is 7.06. The molecule has 8 nitrogen and oxygen atoms in total. The summed E-state index contributed by atoms with van der Waals surface area (Å²) in [6, 6.07) is 18.4. The summed E-state index contributed by atoms with van der Waals surface area (Å²) in [6.45, 7) is 0.116. The molecule has 0 fully saturated rings. The average Bonchev–Trinajstić information content (AvgIpc) is 3.21. The maximum absolute atomic E-state index is 14.3. The van der Waals surface area contributed by atoms with Gasteiger partial charge in [0.1, 0.15) is 30.9 Å². The highest BCUT2D eigenvalue weighted by Crippen LogP contribution is 2.46. The number of nitrogens with zero attached hydrogens (tertiary/aromatic N) is 3. The van der Waals surface area contributed by atoms with Gasteiger partial charge in [-0.05, 0) is 35.7 Å². The molecule has 2 atom stereocenters. The highest BCUT2D eigenvalue weighted by Gasteiger charge is 2.48. The summed E-state index contributed by atoms with van der Waals surface area (Å²) in [7, 11) is 1.10. The molecule has 0 unspecified atom stereocenters. The van der Waals surface area contributed by atoms with Crippen LogP contribution >= 0.6 is 23.4 Å². The molecular formula is C33H27ClF3N3O5S. The molecule has 3 aromatic carbocycles. The van der Waals surface area contributed by atoms with Gasteiger partial charge >= 0.3 is 12.1 Å². The quantitative estimate of drug-likeness (QED) is 0.215. The lowest BCUT2D eigenvalue weighted by molar-refractivity contribution is -0.173. The van der Waals surface area contributed by atoms with E-state index in [0.29, 0.717) is 32.4 Å². The molecule has 0 radical (unpaired) electrons. The van der Waals surface area contributed by atoms with Crippen molar-refractivity contribution in [3.63, 3.8) is 0 Å². The van der Waals surface area contributed by atoms with E-state index >= 15 is 0 Å². The summed E-state index contributed by atoms with van der Waals surface area (Å²) < 4.78 is 55.1. The molecule has 2 aliphatic heterocycles. The van der Waals surface area contributed by atoms with Gasteiger partial charge in [0.25, 0.3) is 5.91 Å². The van der Waals surface area contributed by atoms with Crippen LogP contribution in [0.4, 0.5) is 13.2 Å². The van der Waals surface area contributed by atoms with Crippen molar-refractivity contribution in [2.24, 2.45) is 0 Å². The lowest BCUT2D eigenvalue weighted by atomic mass is 9.94. The number of carbonyl (C=O) groups excluding carboxylic acids is 2. The standard InChI is InChI=1S/C33H27ClF3N3O5S/c1-19(33(35,36)37)38-18-40(27-22-12-6-7-14-25(22)46-17-21-11-8-13-24(34)26(21)27)39-15-23(32(43)44-2)29(41)30(28(39)31(38)42)45-16-20-9-4-3-5-10-20/h3-15,19,27H,16-18H2,1-2H3/t19-,27-/m1/s1. The summed E-state index contributed by atoms with van der Waals surface area (Å²) in [5.41, 5.74) is 0.886. The topological polar surface area (TPSA) is 81.1 Å². The van der Waals surface area contributed by atoms with E-state index in [-0.39, 0.29) is 6.61 Å². The molecule has 13 heteroatoms. The van der Waals surface area contributed by atoms with Gasteiger partial charge in [-0.1, -0.05) is 72.3 Å². The maximum atomic E-state index is 14.3. The molecule has 1 aromatic heterocycles. The third-order valence-electron chi connectivity index (χ3n) is 8.07. The van der Waals surface area contributed by atoms with Crippen LogP contribution in [0.15, 0.2) is 88.7 Å². The smallest absolute Gasteiger partial charge is 0.408 e. The first-order valence-corrected chi connectivity index (χ1v) is 15.6. The van der Waals surface area contributed by atoms with Crippen LogP contribution in [-0.2, 0) is 17.1 Å². The van der Waals surface area contributed by atoms with Gasteiger partial charge in [0, 0.05) is 27.4 Å². The first kappa shape index (κ1) is 31.6. The van der Waals surface area contributed by atoms with E-state index in [1.54, 1.807) is 60.3 Å². The van der Waals surface area contributed by atoms with Crippen molar-refractivity contribution in [1.29, 1.82) is 0 Å². The second-order valence-corrected chi connectivity index (χ2v) is 12.2. The Kier molecular flexibility index (Phi) is 8.51. The van der Waals surface area contributed by atoms with Crippen LogP contribution < -0.4 is 15.2 Å². The zero-order valence-corrected chi connectivity index (χ0v) is 26.2. The number of carbonyl (C=O) groups is 2. The summed E-state index contributed by atoms with van der Waals surface area (Å²) in [5.74, 6) is -2.14. The Morgan fingerprint density at radius 2 is 1.76 bits per heavy atom. The molecule has 0 saturated heterocycles. The van der Waals surface area contributed by atoms with E-state index in [1.165, 1.54) is 9.69 Å². The fraction of sp³-hybridized carbons (Fsp3) is 0.242. The number of amides is 1. The Hall–Kier alpha value is -4.42. The second kappa shape index (κ2) is 12.4. The lowest BCUT2D eigenvalue weighted by Crippen LogP contribution is -2.60. The number of ether oxygens (including phenoxy) is 2. The molecule has 1 amide bonds. The molecule has 4 aromatic rings. The number of hydrogen-bond acceptors (Lipinski definition) is 7. The minimum Gasteiger partial charge on any atom is -0.482 e. The molecule has 6 rings (SSSR count). The van der Waals surface area contributed by atoms with E-state index in [0.717, 1.165) is 30.7 Å². The number of fused-ring (bicyclic) bond motifs is 3. The summed E-state index contributed by atoms with van der Waals surface area (Å²) in [4.78, 5) is 42.3. The Morgan fingerprint density at radius 1 is 1.04 bits per heavy atom. The van der Waals surface area contributed by atoms with E-state index in [4.69, 9.17) is 21.1 Å². The fourth-order valence-electron chi connectivity index (χ4n) is 5.67. The number of halogens is 4. The zero-order chi connectivity index (χ0) is 32.7. The second-order valence-electron chi connectivity index (χ2n) is 10.8. The number of rotatable bonds is 6. The van der Waals surface area contributed by atoms with Gasteiger partial charge in [-0.25, -0.2) is 4.79 Å². The molecule has 0 N–H and O–H groups in total. The molecule has 0 spiro atoms. The van der Waals surface area contributed by atoms with Gasteiger partial charge in [0.05, 0.1) is 7.11 Å². The van der Waals surface area contributed by atoms with Gasteiger partial charge in [-0.2, -0.15) is 13.2 Å². The molecule has 3 heterocycles. The number of thioether (sulfide) groups is 1. The number of methoxy groups -OCH3 is 1. The molecule has 46 heavy (non-hydrogen) atoms. The van der Waals surface area contributed by atoms with E-state index < -0.39 is 59.2 Å². The summed E-state index contributed by atoms with van der Waals surface area (Å²) in [5, 5.41) is 1.87. The highest BCUT2D eigenvalue weighted by molar-refractivity contribution is 7.98. The first-order chi connectivity index (χ1) is 22.0. The minimum absolute atomic E-state index is 0.201. The van der Waals surface area contributed by atoms with E-state index in [9.17, 15) is 27.6 Å². The number of aromatic nitrogens is 1. The van der Waals surface area contributed by atoms with Crippen molar-refractivity contribution < 1.29 is 32.2 Å². The SMILES string of the molecule is COC(=O)c1cn2c(c(OCc3ccccc3)c1=O)C(=O)N([C@H](C)C(F)(F)F)CN2[C@@H]1c2ccccc2SCc2cccc(Cl)c21. The van der Waals surface area contributed by atoms with E-state index in [2.05, 4.69) is 0 Å². The van der Waals surface area contributed by atoms with Gasteiger partial charge in [0.15, 0.2) is 11.4 Å². The van der Waals surface area contributed by atoms with Gasteiger partial charge in [-0.3, -0.25) is 19.3 Å². The Bertz CT molecular complexity index is 1890. The molecule has 0 aliphatic carbocycles. The van der Waals surface area contributed by atoms with Crippen LogP contribution in [0.25, 0.3) is 0 Å². The van der Waals surface area contributed by atoms with Crippen LogP contribution in [0.2, 0.25) is 5.02 Å². The number of esters is 1. The highest BCUT2D eigenvalue weighted by atomic mass is 35.5. The molecule has 2 aliphatic rings. The van der Waals surface area contributed by atoms with Crippen LogP contribution in [0.1, 0.15) is 56.1 Å². The van der Waals surface area contributed by atoms with Crippen LogP contribution in [0, 0.1) is 0 Å². The zero-order valence-electron chi connectivity index (χ0n) is 24.6. The summed E-state index contributed by atoms with van der Waals surface area (Å²) >= 11 is 8.39. The predicted molar refractivity (Wildman–Crippen MR) is 167 cm³/mol. The Morgan fingerprint density at radius 3 is 2.48 bits per heavy atom. The van der Waals surface area contributed by atoms with Crippen molar-refractivity contribution in [3.8, 4) is 5.75 Å². The average molecular weight is 670 g/mol. The van der Waals surface area contributed by atoms with Gasteiger partial charge < -0.3 is 14.4 Å². The van der Waals surface area contributed by atoms with E-state index in [1.807, 2.05) is 24.3 Å². The maximum Gasteiger partial charge on any atom is 0.408 e. The first-order valence-electron chi connectivity index (χ1n) is 14.2.